The lowest BCUT2D eigenvalue weighted by Gasteiger charge is -2.21. The topological polar surface area (TPSA) is 47.6 Å². The van der Waals surface area contributed by atoms with E-state index in [9.17, 15) is 4.79 Å². The van der Waals surface area contributed by atoms with Gasteiger partial charge in [-0.25, -0.2) is 0 Å². The van der Waals surface area contributed by atoms with Gasteiger partial charge < -0.3 is 14.8 Å². The minimum absolute atomic E-state index is 0.0817. The second-order valence-electron chi connectivity index (χ2n) is 7.34. The molecule has 1 atom stereocenters. The van der Waals surface area contributed by atoms with Gasteiger partial charge in [-0.2, -0.15) is 0 Å². The van der Waals surface area contributed by atoms with E-state index in [0.717, 1.165) is 34.6 Å². The molecule has 1 amide bonds. The summed E-state index contributed by atoms with van der Waals surface area (Å²) < 4.78 is 11.6. The predicted octanol–water partition coefficient (Wildman–Crippen LogP) is 4.87. The van der Waals surface area contributed by atoms with Crippen LogP contribution in [0, 0.1) is 6.92 Å². The minimum atomic E-state index is -0.178. The van der Waals surface area contributed by atoms with Crippen LogP contribution in [-0.4, -0.2) is 19.1 Å². The largest absolute Gasteiger partial charge is 0.490 e. The van der Waals surface area contributed by atoms with Gasteiger partial charge in [-0.1, -0.05) is 54.1 Å². The number of rotatable bonds is 5. The maximum atomic E-state index is 12.9. The van der Waals surface area contributed by atoms with Crippen molar-refractivity contribution in [2.24, 2.45) is 0 Å². The maximum Gasteiger partial charge on any atom is 0.251 e. The van der Waals surface area contributed by atoms with Crippen LogP contribution in [0.4, 0.5) is 0 Å². The number of carbonyl (C=O) groups is 1. The predicted molar refractivity (Wildman–Crippen MR) is 114 cm³/mol. The molecule has 4 heteroatoms. The van der Waals surface area contributed by atoms with Crippen molar-refractivity contribution in [2.45, 2.75) is 25.8 Å². The Hall–Kier alpha value is -3.27. The number of aryl methyl sites for hydroxylation is 1. The number of hydrogen-bond donors (Lipinski definition) is 1. The third-order valence-electron chi connectivity index (χ3n) is 5.04. The van der Waals surface area contributed by atoms with Crippen LogP contribution in [0.2, 0.25) is 0 Å². The van der Waals surface area contributed by atoms with Crippen molar-refractivity contribution in [3.63, 3.8) is 0 Å². The lowest BCUT2D eigenvalue weighted by molar-refractivity contribution is 0.0936. The molecule has 0 aliphatic carbocycles. The van der Waals surface area contributed by atoms with E-state index in [1.165, 1.54) is 0 Å². The van der Waals surface area contributed by atoms with Gasteiger partial charge in [0.05, 0.1) is 19.3 Å². The number of hydrogen-bond acceptors (Lipinski definition) is 3. The molecule has 0 saturated heterocycles. The number of carbonyl (C=O) groups excluding carboxylic acids is 1. The Balaban J connectivity index is 1.63. The van der Waals surface area contributed by atoms with Crippen LogP contribution < -0.4 is 14.8 Å². The first-order chi connectivity index (χ1) is 14.2. The van der Waals surface area contributed by atoms with E-state index in [2.05, 4.69) is 17.4 Å². The molecule has 4 rings (SSSR count). The Morgan fingerprint density at radius 3 is 2.52 bits per heavy atom. The van der Waals surface area contributed by atoms with Crippen molar-refractivity contribution in [3.05, 3.63) is 95.1 Å². The highest BCUT2D eigenvalue weighted by atomic mass is 16.5. The van der Waals surface area contributed by atoms with Crippen LogP contribution in [0.5, 0.6) is 11.5 Å². The second-order valence-corrected chi connectivity index (χ2v) is 7.34. The molecule has 3 aromatic carbocycles. The van der Waals surface area contributed by atoms with Gasteiger partial charge >= 0.3 is 0 Å². The average molecular weight is 387 g/mol. The van der Waals surface area contributed by atoms with Crippen molar-refractivity contribution >= 4 is 5.91 Å². The lowest BCUT2D eigenvalue weighted by Crippen LogP contribution is -2.30. The van der Waals surface area contributed by atoms with Gasteiger partial charge in [-0.05, 0) is 48.7 Å². The number of benzene rings is 3. The van der Waals surface area contributed by atoms with Crippen molar-refractivity contribution in [1.82, 2.24) is 5.32 Å². The van der Waals surface area contributed by atoms with E-state index in [1.54, 1.807) is 0 Å². The summed E-state index contributed by atoms with van der Waals surface area (Å²) in [6, 6.07) is 23.6. The molecule has 0 spiro atoms. The van der Waals surface area contributed by atoms with E-state index >= 15 is 0 Å². The monoisotopic (exact) mass is 387 g/mol. The van der Waals surface area contributed by atoms with E-state index in [4.69, 9.17) is 9.47 Å². The van der Waals surface area contributed by atoms with Gasteiger partial charge in [-0.3, -0.25) is 4.79 Å². The summed E-state index contributed by atoms with van der Waals surface area (Å²) in [4.78, 5) is 12.9. The molecule has 0 fully saturated rings. The van der Waals surface area contributed by atoms with Gasteiger partial charge in [-0.15, -0.1) is 0 Å². The Morgan fingerprint density at radius 2 is 1.72 bits per heavy atom. The molecular weight excluding hydrogens is 362 g/mol. The molecular formula is C25H25NO3. The quantitative estimate of drug-likeness (QED) is 0.679. The van der Waals surface area contributed by atoms with Crippen LogP contribution >= 0.6 is 0 Å². The Morgan fingerprint density at radius 1 is 0.931 bits per heavy atom. The highest BCUT2D eigenvalue weighted by molar-refractivity contribution is 5.94. The molecule has 0 saturated carbocycles. The summed E-state index contributed by atoms with van der Waals surface area (Å²) in [6.45, 7) is 3.28. The summed E-state index contributed by atoms with van der Waals surface area (Å²) in [7, 11) is 0. The summed E-state index contributed by atoms with van der Waals surface area (Å²) in [5.41, 5.74) is 3.89. The first-order valence-corrected chi connectivity index (χ1v) is 10.00. The molecule has 29 heavy (non-hydrogen) atoms. The van der Waals surface area contributed by atoms with Crippen LogP contribution in [0.15, 0.2) is 72.8 Å². The van der Waals surface area contributed by atoms with E-state index in [-0.39, 0.29) is 11.9 Å². The number of ether oxygens (including phenoxy) is 2. The van der Waals surface area contributed by atoms with Gasteiger partial charge in [0.1, 0.15) is 0 Å². The van der Waals surface area contributed by atoms with Crippen molar-refractivity contribution < 1.29 is 14.3 Å². The normalized spacial score (nSPS) is 14.0. The molecule has 0 radical (unpaired) electrons. The van der Waals surface area contributed by atoms with Gasteiger partial charge in [0.15, 0.2) is 11.5 Å². The van der Waals surface area contributed by atoms with Crippen molar-refractivity contribution in [2.75, 3.05) is 13.2 Å². The molecule has 0 bridgehead atoms. The molecule has 1 heterocycles. The summed E-state index contributed by atoms with van der Waals surface area (Å²) >= 11 is 0. The fraction of sp³-hybridized carbons (Fsp3) is 0.240. The summed E-state index contributed by atoms with van der Waals surface area (Å²) in [5.74, 6) is 1.42. The maximum absolute atomic E-state index is 12.9. The van der Waals surface area contributed by atoms with E-state index in [1.807, 2.05) is 67.6 Å². The van der Waals surface area contributed by atoms with Crippen LogP contribution in [-0.2, 0) is 6.42 Å². The molecule has 3 aromatic rings. The van der Waals surface area contributed by atoms with Crippen LogP contribution in [0.1, 0.15) is 39.5 Å². The third-order valence-corrected chi connectivity index (χ3v) is 5.04. The number of nitrogens with one attached hydrogen (secondary N) is 1. The van der Waals surface area contributed by atoms with E-state index < -0.39 is 0 Å². The van der Waals surface area contributed by atoms with Crippen LogP contribution in [0.3, 0.4) is 0 Å². The fourth-order valence-corrected chi connectivity index (χ4v) is 3.53. The first kappa shape index (κ1) is 19.1. The SMILES string of the molecule is Cc1cccc(C(=O)NC(Cc2ccccc2)c2ccc3c(c2)OCCCO3)c1. The molecule has 1 unspecified atom stereocenters. The molecule has 4 nitrogen and oxygen atoms in total. The Labute approximate surface area is 171 Å². The average Bonchev–Trinajstić information content (AvgIpc) is 2.99. The molecule has 1 N–H and O–H groups in total. The highest BCUT2D eigenvalue weighted by Crippen LogP contribution is 2.33. The third kappa shape index (κ3) is 4.77. The molecule has 1 aliphatic rings. The molecule has 148 valence electrons. The van der Waals surface area contributed by atoms with Gasteiger partial charge in [0.25, 0.3) is 5.91 Å². The van der Waals surface area contributed by atoms with Gasteiger partial charge in [0, 0.05) is 12.0 Å². The second kappa shape index (κ2) is 8.82. The summed E-state index contributed by atoms with van der Waals surface area (Å²) in [6.07, 6.45) is 1.56. The zero-order valence-electron chi connectivity index (χ0n) is 16.6. The zero-order chi connectivity index (χ0) is 20.1. The summed E-state index contributed by atoms with van der Waals surface area (Å²) in [5, 5.41) is 3.21. The van der Waals surface area contributed by atoms with Gasteiger partial charge in [0.2, 0.25) is 0 Å². The van der Waals surface area contributed by atoms with Crippen molar-refractivity contribution in [3.8, 4) is 11.5 Å². The minimum Gasteiger partial charge on any atom is -0.490 e. The standard InChI is InChI=1S/C25H25NO3/c1-18-7-5-10-21(15-18)25(27)26-22(16-19-8-3-2-4-9-19)20-11-12-23-24(17-20)29-14-6-13-28-23/h2-5,7-12,15,17,22H,6,13-14,16H2,1H3,(H,26,27). The smallest absolute Gasteiger partial charge is 0.251 e. The molecule has 0 aromatic heterocycles. The number of amides is 1. The fourth-order valence-electron chi connectivity index (χ4n) is 3.53. The number of fused-ring (bicyclic) bond motifs is 1. The highest BCUT2D eigenvalue weighted by Gasteiger charge is 2.20. The first-order valence-electron chi connectivity index (χ1n) is 10.00. The van der Waals surface area contributed by atoms with E-state index in [0.29, 0.717) is 25.2 Å². The Kier molecular flexibility index (Phi) is 5.80. The molecule has 1 aliphatic heterocycles. The van der Waals surface area contributed by atoms with Crippen molar-refractivity contribution in [1.29, 1.82) is 0 Å². The zero-order valence-corrected chi connectivity index (χ0v) is 16.6. The van der Waals surface area contributed by atoms with Crippen LogP contribution in [0.25, 0.3) is 0 Å². The Bertz CT molecular complexity index is 984. The lowest BCUT2D eigenvalue weighted by atomic mass is 9.97.